The number of hydrogen-bond donors (Lipinski definition) is 2. The largest absolute Gasteiger partial charge is 0.487 e. The summed E-state index contributed by atoms with van der Waals surface area (Å²) in [6.07, 6.45) is 6.23. The minimum absolute atomic E-state index is 0.0324. The van der Waals surface area contributed by atoms with Crippen LogP contribution in [0.1, 0.15) is 17.2 Å². The number of ether oxygens (including phenoxy) is 2. The molecule has 5 rings (SSSR count). The van der Waals surface area contributed by atoms with Gasteiger partial charge in [0.25, 0.3) is 0 Å². The Morgan fingerprint density at radius 1 is 1.15 bits per heavy atom. The van der Waals surface area contributed by atoms with E-state index in [-0.39, 0.29) is 30.2 Å². The average Bonchev–Trinajstić information content (AvgIpc) is 3.38. The van der Waals surface area contributed by atoms with E-state index in [2.05, 4.69) is 15.3 Å². The fraction of sp³-hybridized carbons (Fsp3) is 0.172. The Hall–Kier alpha value is -4.15. The zero-order valence-corrected chi connectivity index (χ0v) is 23.0. The van der Waals surface area contributed by atoms with E-state index in [1.54, 1.807) is 30.5 Å². The molecule has 2 heterocycles. The first kappa shape index (κ1) is 27.4. The molecule has 3 aromatic carbocycles. The number of sulfone groups is 1. The molecule has 0 spiro atoms. The van der Waals surface area contributed by atoms with Crippen LogP contribution >= 0.6 is 11.6 Å². The number of anilines is 1. The highest BCUT2D eigenvalue weighted by molar-refractivity contribution is 7.90. The normalized spacial score (nSPS) is 15.9. The highest BCUT2D eigenvalue weighted by Gasteiger charge is 2.19. The molecule has 1 aliphatic rings. The molecule has 0 bridgehead atoms. The van der Waals surface area contributed by atoms with E-state index >= 15 is 0 Å². The van der Waals surface area contributed by atoms with E-state index in [1.165, 1.54) is 18.4 Å². The lowest BCUT2D eigenvalue weighted by Gasteiger charge is -2.14. The summed E-state index contributed by atoms with van der Waals surface area (Å²) >= 11 is 6.55. The first-order chi connectivity index (χ1) is 19.1. The Morgan fingerprint density at radius 3 is 2.77 bits per heavy atom. The summed E-state index contributed by atoms with van der Waals surface area (Å²) in [5, 5.41) is 4.09. The van der Waals surface area contributed by atoms with Gasteiger partial charge in [0.05, 0.1) is 22.0 Å². The monoisotopic (exact) mass is 580 g/mol. The fourth-order valence-corrected chi connectivity index (χ4v) is 4.92. The van der Waals surface area contributed by atoms with E-state index in [0.29, 0.717) is 39.9 Å². The maximum absolute atomic E-state index is 13.5. The fourth-order valence-electron chi connectivity index (χ4n) is 4.20. The Morgan fingerprint density at radius 2 is 2.00 bits per heavy atom. The number of rotatable bonds is 9. The number of aromatic nitrogens is 2. The molecule has 1 aromatic heterocycles. The van der Waals surface area contributed by atoms with Crippen molar-refractivity contribution >= 4 is 38.3 Å². The van der Waals surface area contributed by atoms with Crippen molar-refractivity contribution in [2.24, 2.45) is 0 Å². The Kier molecular flexibility index (Phi) is 7.90. The molecule has 8 nitrogen and oxygen atoms in total. The second-order valence-corrected chi connectivity index (χ2v) is 12.0. The third-order valence-corrected chi connectivity index (χ3v) is 7.36. The predicted molar refractivity (Wildman–Crippen MR) is 154 cm³/mol. The third kappa shape index (κ3) is 6.70. The summed E-state index contributed by atoms with van der Waals surface area (Å²) in [4.78, 5) is 8.87. The Bertz CT molecular complexity index is 1740. The number of nitrogens with one attached hydrogen (secondary N) is 1. The maximum atomic E-state index is 13.5. The second-order valence-electron chi connectivity index (χ2n) is 9.30. The number of nitrogens with zero attached hydrogens (tertiary/aromatic N) is 2. The molecule has 1 unspecified atom stereocenters. The molecule has 40 heavy (non-hydrogen) atoms. The quantitative estimate of drug-likeness (QED) is 0.254. The van der Waals surface area contributed by atoms with Gasteiger partial charge in [0.15, 0.2) is 0 Å². The smallest absolute Gasteiger partial charge is 0.221 e. The Labute approximate surface area is 236 Å². The minimum Gasteiger partial charge on any atom is -0.487 e. The molecular weight excluding hydrogens is 555 g/mol. The summed E-state index contributed by atoms with van der Waals surface area (Å²) in [7, 11) is -3.04. The molecule has 0 saturated heterocycles. The van der Waals surface area contributed by atoms with Crippen LogP contribution in [-0.4, -0.2) is 36.9 Å². The number of hydrogen-bond acceptors (Lipinski definition) is 8. The predicted octanol–water partition coefficient (Wildman–Crippen LogP) is 5.35. The number of nitrogen functional groups attached to an aromatic ring is 1. The van der Waals surface area contributed by atoms with Gasteiger partial charge in [-0.05, 0) is 65.7 Å². The Balaban J connectivity index is 1.36. The molecule has 0 fully saturated rings. The van der Waals surface area contributed by atoms with Gasteiger partial charge in [-0.2, -0.15) is 0 Å². The lowest BCUT2D eigenvalue weighted by atomic mass is 10.0. The molecule has 206 valence electrons. The summed E-state index contributed by atoms with van der Waals surface area (Å²) in [5.74, 6) is 0.871. The number of halogens is 2. The van der Waals surface area contributed by atoms with Crippen LogP contribution in [0.3, 0.4) is 0 Å². The van der Waals surface area contributed by atoms with Gasteiger partial charge in [0.2, 0.25) is 5.95 Å². The van der Waals surface area contributed by atoms with Crippen LogP contribution in [0.15, 0.2) is 84.8 Å². The van der Waals surface area contributed by atoms with Gasteiger partial charge < -0.3 is 20.5 Å². The van der Waals surface area contributed by atoms with E-state index in [9.17, 15) is 12.8 Å². The SMILES string of the molecule is CS(=O)(=O)CCNC=C1C=CC(c2ccc3nc(N)nc(-c4ccc(OCc5cccc(F)c5)c(Cl)c4)c3c2)O1. The molecule has 0 aliphatic carbocycles. The highest BCUT2D eigenvalue weighted by Crippen LogP contribution is 2.36. The number of fused-ring (bicyclic) bond motifs is 1. The minimum atomic E-state index is -3.04. The summed E-state index contributed by atoms with van der Waals surface area (Å²) < 4.78 is 47.9. The van der Waals surface area contributed by atoms with Crippen LogP contribution in [0.25, 0.3) is 22.2 Å². The van der Waals surface area contributed by atoms with Crippen LogP contribution in [0.5, 0.6) is 5.75 Å². The van der Waals surface area contributed by atoms with Crippen LogP contribution in [0.2, 0.25) is 5.02 Å². The van der Waals surface area contributed by atoms with Gasteiger partial charge in [-0.25, -0.2) is 22.8 Å². The third-order valence-electron chi connectivity index (χ3n) is 6.11. The van der Waals surface area contributed by atoms with Crippen LogP contribution < -0.4 is 15.8 Å². The van der Waals surface area contributed by atoms with Gasteiger partial charge in [0.1, 0.15) is 39.9 Å². The average molecular weight is 581 g/mol. The van der Waals surface area contributed by atoms with Crippen molar-refractivity contribution in [3.05, 3.63) is 107 Å². The summed E-state index contributed by atoms with van der Waals surface area (Å²) in [6.45, 7) is 0.460. The van der Waals surface area contributed by atoms with Gasteiger partial charge in [-0.3, -0.25) is 0 Å². The molecular formula is C29H26ClFN4O4S. The van der Waals surface area contributed by atoms with E-state index in [1.807, 2.05) is 36.4 Å². The van der Waals surface area contributed by atoms with Crippen molar-refractivity contribution in [1.29, 1.82) is 0 Å². The van der Waals surface area contributed by atoms with Gasteiger partial charge in [0, 0.05) is 30.0 Å². The molecule has 0 radical (unpaired) electrons. The van der Waals surface area contributed by atoms with Gasteiger partial charge >= 0.3 is 0 Å². The number of nitrogens with two attached hydrogens (primary N) is 1. The van der Waals surface area contributed by atoms with Crippen molar-refractivity contribution in [2.45, 2.75) is 12.7 Å². The van der Waals surface area contributed by atoms with E-state index < -0.39 is 9.84 Å². The lowest BCUT2D eigenvalue weighted by molar-refractivity contribution is 0.183. The number of benzene rings is 3. The first-order valence-corrected chi connectivity index (χ1v) is 14.8. The van der Waals surface area contributed by atoms with Crippen molar-refractivity contribution in [1.82, 2.24) is 15.3 Å². The first-order valence-electron chi connectivity index (χ1n) is 12.3. The van der Waals surface area contributed by atoms with Crippen LogP contribution in [-0.2, 0) is 21.2 Å². The maximum Gasteiger partial charge on any atom is 0.221 e. The zero-order valence-electron chi connectivity index (χ0n) is 21.5. The summed E-state index contributed by atoms with van der Waals surface area (Å²) in [5.41, 5.74) is 9.56. The van der Waals surface area contributed by atoms with E-state index in [0.717, 1.165) is 16.5 Å². The highest BCUT2D eigenvalue weighted by atomic mass is 35.5. The number of allylic oxidation sites excluding steroid dienone is 1. The van der Waals surface area contributed by atoms with Gasteiger partial charge in [-0.15, -0.1) is 0 Å². The molecule has 0 saturated carbocycles. The second kappa shape index (κ2) is 11.5. The molecule has 1 atom stereocenters. The molecule has 0 amide bonds. The molecule has 11 heteroatoms. The van der Waals surface area contributed by atoms with Crippen LogP contribution in [0, 0.1) is 5.82 Å². The van der Waals surface area contributed by atoms with Crippen LogP contribution in [0.4, 0.5) is 10.3 Å². The van der Waals surface area contributed by atoms with Crippen molar-refractivity contribution in [3.8, 4) is 17.0 Å². The molecule has 4 aromatic rings. The molecule has 3 N–H and O–H groups in total. The van der Waals surface area contributed by atoms with Crippen molar-refractivity contribution in [3.63, 3.8) is 0 Å². The topological polar surface area (TPSA) is 116 Å². The van der Waals surface area contributed by atoms with Crippen molar-refractivity contribution in [2.75, 3.05) is 24.3 Å². The van der Waals surface area contributed by atoms with Crippen molar-refractivity contribution < 1.29 is 22.3 Å². The summed E-state index contributed by atoms with van der Waals surface area (Å²) in [6, 6.07) is 17.2. The lowest BCUT2D eigenvalue weighted by Crippen LogP contribution is -2.18. The van der Waals surface area contributed by atoms with E-state index in [4.69, 9.17) is 26.8 Å². The standard InChI is InChI=1S/C29H26ClFN4O4S/c1-40(36,37)12-11-33-16-22-7-10-26(39-22)19-5-8-25-23(14-19)28(35-29(32)34-25)20-6-9-27(24(30)15-20)38-17-18-3-2-4-21(31)13-18/h2-10,13-16,26,33H,11-12,17H2,1H3,(H2,32,34,35). The molecule has 1 aliphatic heterocycles. The zero-order chi connectivity index (χ0) is 28.3. The van der Waals surface area contributed by atoms with Gasteiger partial charge in [-0.1, -0.05) is 29.8 Å².